The first-order valence-corrected chi connectivity index (χ1v) is 10.7. The summed E-state index contributed by atoms with van der Waals surface area (Å²) in [6, 6.07) is 15.5. The highest BCUT2D eigenvalue weighted by atomic mass is 16.5. The normalized spacial score (nSPS) is 17.4. The second-order valence-corrected chi connectivity index (χ2v) is 8.26. The summed E-state index contributed by atoms with van der Waals surface area (Å²) in [6.07, 6.45) is 2.77. The van der Waals surface area contributed by atoms with Crippen molar-refractivity contribution in [2.24, 2.45) is 5.92 Å². The van der Waals surface area contributed by atoms with Gasteiger partial charge < -0.3 is 15.0 Å². The van der Waals surface area contributed by atoms with Gasteiger partial charge in [0.1, 0.15) is 5.75 Å². The molecule has 2 aromatic rings. The van der Waals surface area contributed by atoms with E-state index in [1.165, 1.54) is 18.4 Å². The topological polar surface area (TPSA) is 61.9 Å². The van der Waals surface area contributed by atoms with Gasteiger partial charge in [-0.25, -0.2) is 0 Å². The lowest BCUT2D eigenvalue weighted by Gasteiger charge is -2.30. The van der Waals surface area contributed by atoms with Gasteiger partial charge in [0.2, 0.25) is 5.91 Å². The van der Waals surface area contributed by atoms with Crippen molar-refractivity contribution < 1.29 is 14.3 Å². The molecule has 6 nitrogen and oxygen atoms in total. The van der Waals surface area contributed by atoms with E-state index in [1.807, 2.05) is 36.4 Å². The Morgan fingerprint density at radius 3 is 2.60 bits per heavy atom. The number of fused-ring (bicyclic) bond motifs is 1. The molecule has 30 heavy (non-hydrogen) atoms. The number of carbonyl (C=O) groups excluding carboxylic acids is 2. The highest BCUT2D eigenvalue weighted by Crippen LogP contribution is 2.31. The molecule has 158 valence electrons. The summed E-state index contributed by atoms with van der Waals surface area (Å²) < 4.78 is 5.44. The van der Waals surface area contributed by atoms with Gasteiger partial charge >= 0.3 is 0 Å². The number of hydrogen-bond acceptors (Lipinski definition) is 4. The van der Waals surface area contributed by atoms with E-state index >= 15 is 0 Å². The van der Waals surface area contributed by atoms with Gasteiger partial charge in [-0.15, -0.1) is 0 Å². The zero-order chi connectivity index (χ0) is 20.9. The number of piperidine rings is 1. The van der Waals surface area contributed by atoms with Crippen molar-refractivity contribution in [3.05, 3.63) is 54.1 Å². The number of nitrogens with zero attached hydrogens (tertiary/aromatic N) is 2. The van der Waals surface area contributed by atoms with E-state index in [1.54, 1.807) is 4.90 Å². The fourth-order valence-electron chi connectivity index (χ4n) is 4.01. The molecule has 1 N–H and O–H groups in total. The number of hydrogen-bond donors (Lipinski definition) is 1. The summed E-state index contributed by atoms with van der Waals surface area (Å²) in [6.45, 7) is 5.93. The molecule has 2 amide bonds. The lowest BCUT2D eigenvalue weighted by Crippen LogP contribution is -2.40. The fraction of sp³-hybridized carbons (Fsp3) is 0.417. The van der Waals surface area contributed by atoms with Gasteiger partial charge in [-0.1, -0.05) is 31.2 Å². The Kier molecular flexibility index (Phi) is 6.33. The Morgan fingerprint density at radius 2 is 1.83 bits per heavy atom. The van der Waals surface area contributed by atoms with Gasteiger partial charge in [0, 0.05) is 25.2 Å². The second kappa shape index (κ2) is 9.30. The van der Waals surface area contributed by atoms with Gasteiger partial charge in [0.15, 0.2) is 6.61 Å². The second-order valence-electron chi connectivity index (χ2n) is 8.26. The highest BCUT2D eigenvalue weighted by Gasteiger charge is 2.25. The third kappa shape index (κ3) is 5.00. The predicted octanol–water partition coefficient (Wildman–Crippen LogP) is 3.67. The molecule has 0 atom stereocenters. The number of benzene rings is 2. The summed E-state index contributed by atoms with van der Waals surface area (Å²) in [5.41, 5.74) is 2.76. The molecule has 0 spiro atoms. The zero-order valence-electron chi connectivity index (χ0n) is 17.5. The Hall–Kier alpha value is -2.86. The van der Waals surface area contributed by atoms with Crippen LogP contribution in [0.15, 0.2) is 48.5 Å². The van der Waals surface area contributed by atoms with Crippen LogP contribution in [0.3, 0.4) is 0 Å². The minimum atomic E-state index is -0.127. The van der Waals surface area contributed by atoms with E-state index < -0.39 is 0 Å². The van der Waals surface area contributed by atoms with E-state index in [0.717, 1.165) is 36.9 Å². The lowest BCUT2D eigenvalue weighted by atomic mass is 9.99. The minimum Gasteiger partial charge on any atom is -0.482 e. The molecule has 0 radical (unpaired) electrons. The summed E-state index contributed by atoms with van der Waals surface area (Å²) in [5, 5.41) is 2.94. The Labute approximate surface area is 177 Å². The summed E-state index contributed by atoms with van der Waals surface area (Å²) in [4.78, 5) is 28.7. The van der Waals surface area contributed by atoms with Crippen molar-refractivity contribution in [2.75, 3.05) is 36.5 Å². The number of ether oxygens (including phenoxy) is 1. The van der Waals surface area contributed by atoms with Crippen LogP contribution in [0.25, 0.3) is 0 Å². The van der Waals surface area contributed by atoms with Crippen molar-refractivity contribution in [3.63, 3.8) is 0 Å². The van der Waals surface area contributed by atoms with E-state index in [2.05, 4.69) is 29.3 Å². The quantitative estimate of drug-likeness (QED) is 0.794. The molecule has 2 aromatic carbocycles. The van der Waals surface area contributed by atoms with Crippen LogP contribution >= 0.6 is 0 Å². The molecule has 0 aromatic heterocycles. The van der Waals surface area contributed by atoms with Crippen LogP contribution in [0, 0.1) is 5.92 Å². The highest BCUT2D eigenvalue weighted by molar-refractivity contribution is 5.99. The third-order valence-corrected chi connectivity index (χ3v) is 5.89. The summed E-state index contributed by atoms with van der Waals surface area (Å²) in [5.74, 6) is 1.28. The number of nitrogens with one attached hydrogen (secondary N) is 1. The smallest absolute Gasteiger partial charge is 0.265 e. The van der Waals surface area contributed by atoms with Crippen LogP contribution in [-0.2, 0) is 16.1 Å². The fourth-order valence-corrected chi connectivity index (χ4v) is 4.01. The first kappa shape index (κ1) is 20.4. The molecule has 0 saturated carbocycles. The van der Waals surface area contributed by atoms with Gasteiger partial charge in [-0.3, -0.25) is 14.5 Å². The van der Waals surface area contributed by atoms with Gasteiger partial charge in [-0.05, 0) is 61.7 Å². The Balaban J connectivity index is 1.28. The molecular formula is C24H29N3O3. The summed E-state index contributed by atoms with van der Waals surface area (Å²) in [7, 11) is 0. The number of likely N-dealkylation sites (tertiary alicyclic amines) is 1. The van der Waals surface area contributed by atoms with Crippen LogP contribution in [0.1, 0.15) is 31.7 Å². The maximum Gasteiger partial charge on any atom is 0.265 e. The molecule has 0 bridgehead atoms. The largest absolute Gasteiger partial charge is 0.482 e. The Bertz CT molecular complexity index is 889. The van der Waals surface area contributed by atoms with Crippen molar-refractivity contribution in [2.45, 2.75) is 32.7 Å². The Morgan fingerprint density at radius 1 is 1.10 bits per heavy atom. The number of rotatable bonds is 6. The maximum atomic E-state index is 12.4. The maximum absolute atomic E-state index is 12.4. The van der Waals surface area contributed by atoms with E-state index in [0.29, 0.717) is 12.3 Å². The van der Waals surface area contributed by atoms with Crippen molar-refractivity contribution >= 4 is 23.2 Å². The average Bonchev–Trinajstić information content (AvgIpc) is 2.76. The van der Waals surface area contributed by atoms with E-state index in [4.69, 9.17) is 4.74 Å². The van der Waals surface area contributed by atoms with Crippen LogP contribution in [0.4, 0.5) is 11.4 Å². The van der Waals surface area contributed by atoms with Crippen molar-refractivity contribution in [3.8, 4) is 5.75 Å². The first-order valence-electron chi connectivity index (χ1n) is 10.7. The molecule has 1 saturated heterocycles. The van der Waals surface area contributed by atoms with Gasteiger partial charge in [0.05, 0.1) is 5.69 Å². The first-order chi connectivity index (χ1) is 14.6. The van der Waals surface area contributed by atoms with Gasteiger partial charge in [-0.2, -0.15) is 0 Å². The number of carbonyl (C=O) groups is 2. The lowest BCUT2D eigenvalue weighted by molar-refractivity contribution is -0.121. The predicted molar refractivity (Wildman–Crippen MR) is 118 cm³/mol. The number of amides is 2. The molecular weight excluding hydrogens is 378 g/mol. The van der Waals surface area contributed by atoms with Crippen molar-refractivity contribution in [1.29, 1.82) is 0 Å². The standard InChI is InChI=1S/C24H29N3O3/c1-18-10-13-26(14-11-18)16-19-6-8-20(9-7-19)25-23(28)12-15-27-21-4-2-3-5-22(21)30-17-24(27)29/h2-9,18H,10-17H2,1H3,(H,25,28). The van der Waals surface area contributed by atoms with Crippen LogP contribution < -0.4 is 15.0 Å². The molecule has 0 aliphatic carbocycles. The minimum absolute atomic E-state index is 0.00995. The molecule has 0 unspecified atom stereocenters. The zero-order valence-corrected chi connectivity index (χ0v) is 17.5. The molecule has 6 heteroatoms. The molecule has 2 heterocycles. The van der Waals surface area contributed by atoms with Crippen LogP contribution in [0.2, 0.25) is 0 Å². The average molecular weight is 408 g/mol. The monoisotopic (exact) mass is 407 g/mol. The van der Waals surface area contributed by atoms with Crippen LogP contribution in [0.5, 0.6) is 5.75 Å². The SMILES string of the molecule is CC1CCN(Cc2ccc(NC(=O)CCN3C(=O)COc4ccccc43)cc2)CC1. The van der Waals surface area contributed by atoms with Gasteiger partial charge in [0.25, 0.3) is 5.91 Å². The van der Waals surface area contributed by atoms with E-state index in [9.17, 15) is 9.59 Å². The number of para-hydroxylation sites is 2. The van der Waals surface area contributed by atoms with E-state index in [-0.39, 0.29) is 24.8 Å². The summed E-state index contributed by atoms with van der Waals surface area (Å²) >= 11 is 0. The molecule has 4 rings (SSSR count). The van der Waals surface area contributed by atoms with Crippen LogP contribution in [-0.4, -0.2) is 43.0 Å². The third-order valence-electron chi connectivity index (χ3n) is 5.89. The van der Waals surface area contributed by atoms with Crippen molar-refractivity contribution in [1.82, 2.24) is 4.90 Å². The molecule has 2 aliphatic heterocycles. The number of anilines is 2. The molecule has 2 aliphatic rings. The molecule has 1 fully saturated rings.